The molecule has 19 heavy (non-hydrogen) atoms. The van der Waals surface area contributed by atoms with Gasteiger partial charge in [-0.1, -0.05) is 30.3 Å². The fourth-order valence-corrected chi connectivity index (χ4v) is 2.28. The van der Waals surface area contributed by atoms with Crippen LogP contribution in [-0.4, -0.2) is 36.6 Å². The van der Waals surface area contributed by atoms with E-state index in [9.17, 15) is 9.59 Å². The maximum absolute atomic E-state index is 12.1. The largest absolute Gasteiger partial charge is 0.453 e. The molecular weight excluding hydrogens is 244 g/mol. The number of methoxy groups -OCH3 is 1. The van der Waals surface area contributed by atoms with E-state index in [0.29, 0.717) is 19.5 Å². The zero-order valence-electron chi connectivity index (χ0n) is 11.0. The molecule has 0 unspecified atom stereocenters. The minimum atomic E-state index is -0.433. The molecule has 1 fully saturated rings. The molecule has 0 aliphatic carbocycles. The lowest BCUT2D eigenvalue weighted by atomic mass is 10.2. The molecule has 0 aromatic heterocycles. The van der Waals surface area contributed by atoms with Crippen LogP contribution in [0.4, 0.5) is 4.79 Å². The minimum absolute atomic E-state index is 0.119. The Morgan fingerprint density at radius 3 is 2.79 bits per heavy atom. The van der Waals surface area contributed by atoms with Crippen LogP contribution < -0.4 is 5.32 Å². The van der Waals surface area contributed by atoms with Crippen LogP contribution in [0.5, 0.6) is 0 Å². The molecule has 0 saturated carbocycles. The van der Waals surface area contributed by atoms with Crippen molar-refractivity contribution >= 4 is 12.0 Å². The van der Waals surface area contributed by atoms with Gasteiger partial charge in [0.1, 0.15) is 6.04 Å². The number of amides is 2. The van der Waals surface area contributed by atoms with Crippen molar-refractivity contribution in [1.29, 1.82) is 0 Å². The van der Waals surface area contributed by atoms with Crippen LogP contribution in [-0.2, 0) is 16.1 Å². The van der Waals surface area contributed by atoms with Crippen LogP contribution in [0.15, 0.2) is 30.3 Å². The molecule has 1 aliphatic rings. The van der Waals surface area contributed by atoms with E-state index in [4.69, 9.17) is 0 Å². The van der Waals surface area contributed by atoms with Crippen molar-refractivity contribution < 1.29 is 14.3 Å². The van der Waals surface area contributed by atoms with Crippen molar-refractivity contribution in [3.8, 4) is 0 Å². The maximum Gasteiger partial charge on any atom is 0.410 e. The first-order valence-electron chi connectivity index (χ1n) is 6.38. The topological polar surface area (TPSA) is 58.6 Å². The van der Waals surface area contributed by atoms with E-state index in [1.165, 1.54) is 12.0 Å². The van der Waals surface area contributed by atoms with Crippen LogP contribution in [0, 0.1) is 0 Å². The van der Waals surface area contributed by atoms with E-state index in [1.54, 1.807) is 0 Å². The lowest BCUT2D eigenvalue weighted by molar-refractivity contribution is -0.125. The third-order valence-corrected chi connectivity index (χ3v) is 3.27. The number of ether oxygens (including phenoxy) is 1. The van der Waals surface area contributed by atoms with Gasteiger partial charge in [-0.2, -0.15) is 0 Å². The summed E-state index contributed by atoms with van der Waals surface area (Å²) in [6, 6.07) is 9.29. The number of nitrogens with one attached hydrogen (secondary N) is 1. The average Bonchev–Trinajstić information content (AvgIpc) is 2.94. The van der Waals surface area contributed by atoms with Crippen LogP contribution in [0.3, 0.4) is 0 Å². The molecule has 1 atom stereocenters. The van der Waals surface area contributed by atoms with Crippen LogP contribution in [0.25, 0.3) is 0 Å². The summed E-state index contributed by atoms with van der Waals surface area (Å²) >= 11 is 0. The first-order chi connectivity index (χ1) is 9.22. The van der Waals surface area contributed by atoms with Gasteiger partial charge in [0.25, 0.3) is 0 Å². The highest BCUT2D eigenvalue weighted by Gasteiger charge is 2.34. The number of carbonyl (C=O) groups is 2. The molecule has 1 aromatic carbocycles. The predicted octanol–water partition coefficient (Wildman–Crippen LogP) is 1.53. The smallest absolute Gasteiger partial charge is 0.410 e. The first-order valence-corrected chi connectivity index (χ1v) is 6.38. The number of nitrogens with zero attached hydrogens (tertiary/aromatic N) is 1. The van der Waals surface area contributed by atoms with Crippen molar-refractivity contribution in [2.24, 2.45) is 0 Å². The van der Waals surface area contributed by atoms with Gasteiger partial charge in [0.15, 0.2) is 0 Å². The number of hydrogen-bond acceptors (Lipinski definition) is 3. The van der Waals surface area contributed by atoms with Gasteiger partial charge in [0.05, 0.1) is 7.11 Å². The predicted molar refractivity (Wildman–Crippen MR) is 70.4 cm³/mol. The van der Waals surface area contributed by atoms with E-state index in [1.807, 2.05) is 30.3 Å². The fraction of sp³-hybridized carbons (Fsp3) is 0.429. The normalized spacial score (nSPS) is 18.2. The molecule has 1 aliphatic heterocycles. The lowest BCUT2D eigenvalue weighted by Crippen LogP contribution is -2.45. The number of likely N-dealkylation sites (tertiary alicyclic amines) is 1. The van der Waals surface area contributed by atoms with Crippen LogP contribution in [0.2, 0.25) is 0 Å². The summed E-state index contributed by atoms with van der Waals surface area (Å²) in [5, 5.41) is 2.86. The molecule has 102 valence electrons. The van der Waals surface area contributed by atoms with Gasteiger partial charge in [-0.3, -0.25) is 9.69 Å². The molecule has 0 spiro atoms. The second-order valence-corrected chi connectivity index (χ2v) is 4.52. The van der Waals surface area contributed by atoms with Gasteiger partial charge >= 0.3 is 6.09 Å². The number of carbonyl (C=O) groups excluding carboxylic acids is 2. The van der Waals surface area contributed by atoms with E-state index >= 15 is 0 Å². The Labute approximate surface area is 112 Å². The Kier molecular flexibility index (Phi) is 4.39. The van der Waals surface area contributed by atoms with Gasteiger partial charge in [0, 0.05) is 13.1 Å². The van der Waals surface area contributed by atoms with Gasteiger partial charge in [-0.25, -0.2) is 4.79 Å². The van der Waals surface area contributed by atoms with Gasteiger partial charge < -0.3 is 10.1 Å². The van der Waals surface area contributed by atoms with Crippen molar-refractivity contribution in [3.63, 3.8) is 0 Å². The van der Waals surface area contributed by atoms with Gasteiger partial charge in [0.2, 0.25) is 5.91 Å². The molecule has 5 nitrogen and oxygen atoms in total. The molecule has 1 N–H and O–H groups in total. The van der Waals surface area contributed by atoms with Crippen molar-refractivity contribution in [1.82, 2.24) is 10.2 Å². The summed E-state index contributed by atoms with van der Waals surface area (Å²) in [6.45, 7) is 1.06. The maximum atomic E-state index is 12.1. The molecule has 1 saturated heterocycles. The summed E-state index contributed by atoms with van der Waals surface area (Å²) in [5.74, 6) is -0.119. The monoisotopic (exact) mass is 262 g/mol. The highest BCUT2D eigenvalue weighted by Crippen LogP contribution is 2.18. The summed E-state index contributed by atoms with van der Waals surface area (Å²) < 4.78 is 4.68. The highest BCUT2D eigenvalue weighted by molar-refractivity contribution is 5.86. The lowest BCUT2D eigenvalue weighted by Gasteiger charge is -2.22. The van der Waals surface area contributed by atoms with E-state index in [-0.39, 0.29) is 5.91 Å². The minimum Gasteiger partial charge on any atom is -0.453 e. The Morgan fingerprint density at radius 2 is 2.11 bits per heavy atom. The van der Waals surface area contributed by atoms with Crippen molar-refractivity contribution in [2.75, 3.05) is 13.7 Å². The number of rotatable bonds is 3. The second kappa shape index (κ2) is 6.22. The number of hydrogen-bond donors (Lipinski definition) is 1. The summed E-state index contributed by atoms with van der Waals surface area (Å²) in [5.41, 5.74) is 1.04. The molecule has 0 radical (unpaired) electrons. The first kappa shape index (κ1) is 13.4. The Hall–Kier alpha value is -2.04. The zero-order valence-corrected chi connectivity index (χ0v) is 11.0. The van der Waals surface area contributed by atoms with Gasteiger partial charge in [-0.05, 0) is 18.4 Å². The summed E-state index contributed by atoms with van der Waals surface area (Å²) in [6.07, 6.45) is 1.09. The summed E-state index contributed by atoms with van der Waals surface area (Å²) in [4.78, 5) is 25.1. The molecule has 1 heterocycles. The van der Waals surface area contributed by atoms with Crippen molar-refractivity contribution in [3.05, 3.63) is 35.9 Å². The Balaban J connectivity index is 1.90. The second-order valence-electron chi connectivity index (χ2n) is 4.52. The molecule has 2 amide bonds. The van der Waals surface area contributed by atoms with E-state index in [2.05, 4.69) is 10.1 Å². The van der Waals surface area contributed by atoms with Crippen LogP contribution >= 0.6 is 0 Å². The SMILES string of the molecule is COC(=O)N1CCC[C@@H]1C(=O)NCc1ccccc1. The molecule has 0 bridgehead atoms. The zero-order chi connectivity index (χ0) is 13.7. The molecular formula is C14H18N2O3. The third kappa shape index (κ3) is 3.24. The Morgan fingerprint density at radius 1 is 1.37 bits per heavy atom. The average molecular weight is 262 g/mol. The molecule has 2 rings (SSSR count). The number of benzene rings is 1. The van der Waals surface area contributed by atoms with E-state index < -0.39 is 12.1 Å². The summed E-state index contributed by atoms with van der Waals surface area (Å²) in [7, 11) is 1.33. The quantitative estimate of drug-likeness (QED) is 0.898. The third-order valence-electron chi connectivity index (χ3n) is 3.27. The molecule has 1 aromatic rings. The van der Waals surface area contributed by atoms with Crippen LogP contribution in [0.1, 0.15) is 18.4 Å². The standard InChI is InChI=1S/C14H18N2O3/c1-19-14(18)16-9-5-8-12(16)13(17)15-10-11-6-3-2-4-7-11/h2-4,6-7,12H,5,8-10H2,1H3,(H,15,17)/t12-/m1/s1. The Bertz CT molecular complexity index is 447. The van der Waals surface area contributed by atoms with Crippen molar-refractivity contribution in [2.45, 2.75) is 25.4 Å². The van der Waals surface area contributed by atoms with Gasteiger partial charge in [-0.15, -0.1) is 0 Å². The highest BCUT2D eigenvalue weighted by atomic mass is 16.5. The van der Waals surface area contributed by atoms with E-state index in [0.717, 1.165) is 12.0 Å². The molecule has 5 heteroatoms. The fourth-order valence-electron chi connectivity index (χ4n) is 2.28.